The molecule has 0 amide bonds. The third-order valence-electron chi connectivity index (χ3n) is 5.08. The van der Waals surface area contributed by atoms with Crippen LogP contribution in [0.1, 0.15) is 37.5 Å². The number of nitrogens with one attached hydrogen (secondary N) is 2. The Balaban J connectivity index is 1.70. The molecule has 2 heterocycles. The van der Waals surface area contributed by atoms with Gasteiger partial charge in [-0.15, -0.1) is 11.3 Å². The van der Waals surface area contributed by atoms with Crippen LogP contribution in [0.3, 0.4) is 0 Å². The summed E-state index contributed by atoms with van der Waals surface area (Å²) in [5.41, 5.74) is 0. The number of rotatable bonds is 4. The highest BCUT2D eigenvalue weighted by Gasteiger charge is 2.39. The van der Waals surface area contributed by atoms with E-state index in [9.17, 15) is 0 Å². The molecule has 0 spiro atoms. The van der Waals surface area contributed by atoms with Gasteiger partial charge in [0.15, 0.2) is 0 Å². The molecule has 2 aromatic rings. The van der Waals surface area contributed by atoms with E-state index in [0.29, 0.717) is 6.04 Å². The van der Waals surface area contributed by atoms with Gasteiger partial charge in [-0.3, -0.25) is 0 Å². The van der Waals surface area contributed by atoms with Gasteiger partial charge in [-0.05, 0) is 43.6 Å². The van der Waals surface area contributed by atoms with Gasteiger partial charge in [0.25, 0.3) is 0 Å². The minimum absolute atomic E-state index is 0.608. The van der Waals surface area contributed by atoms with Crippen molar-refractivity contribution in [3.05, 3.63) is 10.9 Å². The zero-order valence-electron chi connectivity index (χ0n) is 12.6. The largest absolute Gasteiger partial charge is 0.366 e. The average molecular weight is 302 g/mol. The maximum atomic E-state index is 4.69. The first kappa shape index (κ1) is 13.3. The lowest BCUT2D eigenvalue weighted by Crippen LogP contribution is -2.26. The molecule has 2 aromatic heterocycles. The first-order chi connectivity index (χ1) is 10.3. The highest BCUT2D eigenvalue weighted by molar-refractivity contribution is 7.18. The molecule has 0 aromatic carbocycles. The molecule has 4 rings (SSSR count). The van der Waals surface area contributed by atoms with E-state index in [2.05, 4.69) is 33.6 Å². The molecule has 21 heavy (non-hydrogen) atoms. The van der Waals surface area contributed by atoms with Crippen LogP contribution in [-0.4, -0.2) is 23.1 Å². The molecule has 2 saturated carbocycles. The monoisotopic (exact) mass is 302 g/mol. The summed E-state index contributed by atoms with van der Waals surface area (Å²) < 4.78 is 0. The fraction of sp³-hybridized carbons (Fsp3) is 0.625. The van der Waals surface area contributed by atoms with E-state index in [0.717, 1.165) is 34.9 Å². The number of nitrogens with zero attached hydrogens (tertiary/aromatic N) is 2. The molecule has 4 nitrogen and oxygen atoms in total. The lowest BCUT2D eigenvalue weighted by atomic mass is 9.95. The third kappa shape index (κ3) is 2.27. The number of anilines is 2. The average Bonchev–Trinajstić information content (AvgIpc) is 3.20. The topological polar surface area (TPSA) is 49.8 Å². The Morgan fingerprint density at radius 2 is 2.19 bits per heavy atom. The summed E-state index contributed by atoms with van der Waals surface area (Å²) in [5.74, 6) is 3.54. The van der Waals surface area contributed by atoms with E-state index in [4.69, 9.17) is 0 Å². The van der Waals surface area contributed by atoms with E-state index in [1.54, 1.807) is 11.3 Å². The Kier molecular flexibility index (Phi) is 3.25. The lowest BCUT2D eigenvalue weighted by Gasteiger charge is -2.23. The van der Waals surface area contributed by atoms with Gasteiger partial charge in [0.1, 0.15) is 10.6 Å². The van der Waals surface area contributed by atoms with Crippen molar-refractivity contribution in [1.82, 2.24) is 9.97 Å². The second-order valence-corrected chi connectivity index (χ2v) is 7.47. The van der Waals surface area contributed by atoms with Gasteiger partial charge in [-0.2, -0.15) is 4.98 Å². The maximum absolute atomic E-state index is 4.69. The van der Waals surface area contributed by atoms with Crippen molar-refractivity contribution < 1.29 is 0 Å². The quantitative estimate of drug-likeness (QED) is 0.899. The van der Waals surface area contributed by atoms with Crippen LogP contribution >= 0.6 is 11.3 Å². The van der Waals surface area contributed by atoms with Crippen molar-refractivity contribution >= 4 is 33.3 Å². The van der Waals surface area contributed by atoms with E-state index >= 15 is 0 Å². The number of fused-ring (bicyclic) bond motifs is 3. The summed E-state index contributed by atoms with van der Waals surface area (Å²) in [4.78, 5) is 11.8. The molecule has 2 fully saturated rings. The molecule has 2 aliphatic carbocycles. The van der Waals surface area contributed by atoms with E-state index < -0.39 is 0 Å². The summed E-state index contributed by atoms with van der Waals surface area (Å²) in [7, 11) is 1.89. The summed E-state index contributed by atoms with van der Waals surface area (Å²) >= 11 is 1.78. The highest BCUT2D eigenvalue weighted by Crippen LogP contribution is 2.46. The number of aryl methyl sites for hydroxylation is 1. The molecular weight excluding hydrogens is 280 g/mol. The smallest absolute Gasteiger partial charge is 0.225 e. The van der Waals surface area contributed by atoms with Crippen molar-refractivity contribution in [2.45, 2.75) is 45.1 Å². The number of hydrogen-bond acceptors (Lipinski definition) is 5. The number of thiophene rings is 1. The van der Waals surface area contributed by atoms with Gasteiger partial charge >= 0.3 is 0 Å². The standard InChI is InChI=1S/C16H22N4S/c1-3-11-8-12-14(19-16(17-2)20-15(12)21-11)18-13-7-9-4-5-10(13)6-9/h8-10,13H,3-7H2,1-2H3,(H2,17,18,19,20). The Labute approximate surface area is 129 Å². The van der Waals surface area contributed by atoms with Crippen molar-refractivity contribution in [2.75, 3.05) is 17.7 Å². The van der Waals surface area contributed by atoms with E-state index in [1.165, 1.54) is 35.9 Å². The Hall–Kier alpha value is -1.36. The normalized spacial score (nSPS) is 27.4. The predicted octanol–water partition coefficient (Wildman–Crippen LogP) is 3.90. The van der Waals surface area contributed by atoms with Crippen LogP contribution in [0.4, 0.5) is 11.8 Å². The van der Waals surface area contributed by atoms with E-state index in [-0.39, 0.29) is 0 Å². The number of hydrogen-bond donors (Lipinski definition) is 2. The molecule has 3 unspecified atom stereocenters. The van der Waals surface area contributed by atoms with Gasteiger partial charge in [0.2, 0.25) is 5.95 Å². The second kappa shape index (κ2) is 5.13. The molecule has 0 radical (unpaired) electrons. The molecule has 2 N–H and O–H groups in total. The molecule has 0 saturated heterocycles. The zero-order chi connectivity index (χ0) is 14.4. The first-order valence-electron chi connectivity index (χ1n) is 8.01. The molecule has 112 valence electrons. The van der Waals surface area contributed by atoms with Gasteiger partial charge in [-0.25, -0.2) is 4.98 Å². The van der Waals surface area contributed by atoms with Gasteiger partial charge in [0, 0.05) is 18.0 Å². The Morgan fingerprint density at radius 1 is 1.29 bits per heavy atom. The van der Waals surface area contributed by atoms with Crippen LogP contribution in [0.25, 0.3) is 10.2 Å². The van der Waals surface area contributed by atoms with Crippen LogP contribution < -0.4 is 10.6 Å². The van der Waals surface area contributed by atoms with Crippen molar-refractivity contribution in [3.63, 3.8) is 0 Å². The summed E-state index contributed by atoms with van der Waals surface area (Å²) in [6.07, 6.45) is 6.61. The van der Waals surface area contributed by atoms with Crippen molar-refractivity contribution in [2.24, 2.45) is 11.8 Å². The SMILES string of the molecule is CCc1cc2c(NC3CC4CCC3C4)nc(NC)nc2s1. The van der Waals surface area contributed by atoms with Crippen LogP contribution in [0.15, 0.2) is 6.07 Å². The minimum atomic E-state index is 0.608. The minimum Gasteiger partial charge on any atom is -0.366 e. The first-order valence-corrected chi connectivity index (χ1v) is 8.83. The fourth-order valence-corrected chi connectivity index (χ4v) is 4.93. The van der Waals surface area contributed by atoms with Gasteiger partial charge < -0.3 is 10.6 Å². The molecule has 5 heteroatoms. The molecule has 2 aliphatic rings. The van der Waals surface area contributed by atoms with Crippen molar-refractivity contribution in [3.8, 4) is 0 Å². The van der Waals surface area contributed by atoms with Crippen LogP contribution in [0, 0.1) is 11.8 Å². The Bertz CT molecular complexity index is 666. The summed E-state index contributed by atoms with van der Waals surface area (Å²) in [5, 5.41) is 8.03. The second-order valence-electron chi connectivity index (χ2n) is 6.36. The fourth-order valence-electron chi connectivity index (χ4n) is 3.96. The highest BCUT2D eigenvalue weighted by atomic mass is 32.1. The van der Waals surface area contributed by atoms with E-state index in [1.807, 2.05) is 7.05 Å². The predicted molar refractivity (Wildman–Crippen MR) is 89.2 cm³/mol. The summed E-state index contributed by atoms with van der Waals surface area (Å²) in [6.45, 7) is 2.19. The van der Waals surface area contributed by atoms with Crippen LogP contribution in [0.5, 0.6) is 0 Å². The third-order valence-corrected chi connectivity index (χ3v) is 6.25. The van der Waals surface area contributed by atoms with Crippen LogP contribution in [0.2, 0.25) is 0 Å². The molecular formula is C16H22N4S. The summed E-state index contributed by atoms with van der Waals surface area (Å²) in [6, 6.07) is 2.87. The molecule has 2 bridgehead atoms. The van der Waals surface area contributed by atoms with Crippen molar-refractivity contribution in [1.29, 1.82) is 0 Å². The van der Waals surface area contributed by atoms with Gasteiger partial charge in [-0.1, -0.05) is 13.3 Å². The molecule has 3 atom stereocenters. The maximum Gasteiger partial charge on any atom is 0.225 e. The lowest BCUT2D eigenvalue weighted by molar-refractivity contribution is 0.439. The van der Waals surface area contributed by atoms with Crippen LogP contribution in [-0.2, 0) is 6.42 Å². The Morgan fingerprint density at radius 3 is 2.86 bits per heavy atom. The number of aromatic nitrogens is 2. The molecule has 0 aliphatic heterocycles. The zero-order valence-corrected chi connectivity index (χ0v) is 13.5. The van der Waals surface area contributed by atoms with Gasteiger partial charge in [0.05, 0.1) is 5.39 Å².